The van der Waals surface area contributed by atoms with Crippen LogP contribution in [0.1, 0.15) is 5.56 Å². The minimum Gasteiger partial charge on any atom is -0.496 e. The summed E-state index contributed by atoms with van der Waals surface area (Å²) in [5.74, 6) is -1.81. The molecule has 0 saturated carbocycles. The number of hydrogen-bond acceptors (Lipinski definition) is 6. The van der Waals surface area contributed by atoms with E-state index in [1.807, 2.05) is 0 Å². The van der Waals surface area contributed by atoms with Gasteiger partial charge in [-0.15, -0.1) is 11.3 Å². The predicted octanol–water partition coefficient (Wildman–Crippen LogP) is 2.28. The minimum absolute atomic E-state index is 0.0408. The Hall–Kier alpha value is -2.43. The monoisotopic (exact) mass is 444 g/mol. The second-order valence-electron chi connectivity index (χ2n) is 5.71. The molecule has 1 saturated heterocycles. The van der Waals surface area contributed by atoms with Crippen LogP contribution < -0.4 is 10.1 Å². The third kappa shape index (κ3) is 4.03. The van der Waals surface area contributed by atoms with Crippen LogP contribution in [-0.2, 0) is 19.6 Å². The van der Waals surface area contributed by atoms with Crippen LogP contribution in [-0.4, -0.2) is 44.7 Å². The molecule has 0 unspecified atom stereocenters. The van der Waals surface area contributed by atoms with Crippen molar-refractivity contribution in [1.29, 1.82) is 0 Å². The summed E-state index contributed by atoms with van der Waals surface area (Å²) in [6, 6.07) is 6.36. The van der Waals surface area contributed by atoms with Crippen LogP contribution in [0.2, 0.25) is 4.34 Å². The van der Waals surface area contributed by atoms with Gasteiger partial charge in [0.25, 0.3) is 15.9 Å². The average molecular weight is 445 g/mol. The Morgan fingerprint density at radius 1 is 1.29 bits per heavy atom. The van der Waals surface area contributed by atoms with E-state index in [0.29, 0.717) is 4.31 Å². The molecule has 0 spiro atoms. The smallest absolute Gasteiger partial charge is 0.276 e. The molecule has 1 aromatic heterocycles. The van der Waals surface area contributed by atoms with E-state index in [4.69, 9.17) is 16.3 Å². The lowest BCUT2D eigenvalue weighted by molar-refractivity contribution is -0.127. The van der Waals surface area contributed by atoms with E-state index in [0.717, 1.165) is 17.4 Å². The molecule has 28 heavy (non-hydrogen) atoms. The van der Waals surface area contributed by atoms with Gasteiger partial charge in [-0.2, -0.15) is 0 Å². The van der Waals surface area contributed by atoms with Crippen molar-refractivity contribution in [2.24, 2.45) is 0 Å². The number of amides is 2. The summed E-state index contributed by atoms with van der Waals surface area (Å²) in [7, 11) is -2.91. The molecule has 1 aliphatic rings. The van der Waals surface area contributed by atoms with Gasteiger partial charge in [0, 0.05) is 17.7 Å². The first-order chi connectivity index (χ1) is 13.2. The maximum absolute atomic E-state index is 13.6. The molecule has 1 fully saturated rings. The van der Waals surface area contributed by atoms with Gasteiger partial charge in [0.05, 0.1) is 11.4 Å². The summed E-state index contributed by atoms with van der Waals surface area (Å²) in [6.45, 7) is -0.886. The third-order valence-electron chi connectivity index (χ3n) is 3.88. The number of carbonyl (C=O) groups excluding carboxylic acids is 2. The van der Waals surface area contributed by atoms with Crippen molar-refractivity contribution in [2.45, 2.75) is 4.21 Å². The van der Waals surface area contributed by atoms with Gasteiger partial charge < -0.3 is 10.1 Å². The van der Waals surface area contributed by atoms with E-state index in [1.165, 1.54) is 37.5 Å². The molecule has 2 heterocycles. The van der Waals surface area contributed by atoms with E-state index in [9.17, 15) is 22.4 Å². The molecule has 0 radical (unpaired) electrons. The molecular weight excluding hydrogens is 431 g/mol. The molecule has 0 atom stereocenters. The highest BCUT2D eigenvalue weighted by Gasteiger charge is 2.36. The predicted molar refractivity (Wildman–Crippen MR) is 102 cm³/mol. The first kappa shape index (κ1) is 20.3. The molecule has 148 valence electrons. The Morgan fingerprint density at radius 3 is 2.68 bits per heavy atom. The molecule has 1 N–H and O–H groups in total. The molecule has 1 aromatic carbocycles. The Labute approximate surface area is 169 Å². The van der Waals surface area contributed by atoms with Crippen LogP contribution in [0.25, 0.3) is 6.08 Å². The number of halogens is 2. The van der Waals surface area contributed by atoms with Gasteiger partial charge in [-0.3, -0.25) is 9.59 Å². The molecule has 2 aromatic rings. The fourth-order valence-electron chi connectivity index (χ4n) is 2.55. The van der Waals surface area contributed by atoms with E-state index in [-0.39, 0.29) is 32.0 Å². The quantitative estimate of drug-likeness (QED) is 0.730. The standard InChI is InChI=1S/C17H14ClFN2O5S2/c1-26-13-3-2-12(19)7-10(13)6-11-8-20-15(22)9-21(17(11)23)28(24,25)16-5-4-14(18)27-16/h2-7H,8-9H2,1H3,(H,20,22). The van der Waals surface area contributed by atoms with Crippen molar-refractivity contribution >= 4 is 50.9 Å². The Balaban J connectivity index is 2.06. The van der Waals surface area contributed by atoms with E-state index >= 15 is 0 Å². The van der Waals surface area contributed by atoms with Gasteiger partial charge in [0.2, 0.25) is 5.91 Å². The van der Waals surface area contributed by atoms with E-state index < -0.39 is 34.2 Å². The number of thiophene rings is 1. The number of benzene rings is 1. The summed E-state index contributed by atoms with van der Waals surface area (Å²) in [6.07, 6.45) is 1.29. The zero-order valence-electron chi connectivity index (χ0n) is 14.4. The summed E-state index contributed by atoms with van der Waals surface area (Å²) >= 11 is 6.57. The zero-order chi connectivity index (χ0) is 20.5. The van der Waals surface area contributed by atoms with Gasteiger partial charge in [0.1, 0.15) is 22.3 Å². The first-order valence-corrected chi connectivity index (χ1v) is 10.5. The van der Waals surface area contributed by atoms with Crippen molar-refractivity contribution in [2.75, 3.05) is 20.2 Å². The highest BCUT2D eigenvalue weighted by Crippen LogP contribution is 2.30. The summed E-state index contributed by atoms with van der Waals surface area (Å²) in [4.78, 5) is 24.9. The van der Waals surface area contributed by atoms with E-state index in [1.54, 1.807) is 0 Å². The lowest BCUT2D eigenvalue weighted by atomic mass is 10.1. The Bertz CT molecular complexity index is 1080. The second-order valence-corrected chi connectivity index (χ2v) is 9.51. The highest BCUT2D eigenvalue weighted by atomic mass is 35.5. The molecule has 3 rings (SSSR count). The van der Waals surface area contributed by atoms with Crippen molar-refractivity contribution in [1.82, 2.24) is 9.62 Å². The number of ether oxygens (including phenoxy) is 1. The third-order valence-corrected chi connectivity index (χ3v) is 7.31. The molecule has 2 amide bonds. The fraction of sp³-hybridized carbons (Fsp3) is 0.176. The number of nitrogens with zero attached hydrogens (tertiary/aromatic N) is 1. The molecule has 0 aliphatic carbocycles. The van der Waals surface area contributed by atoms with Gasteiger partial charge in [-0.25, -0.2) is 17.1 Å². The highest BCUT2D eigenvalue weighted by molar-refractivity contribution is 7.91. The van der Waals surface area contributed by atoms with Gasteiger partial charge in [-0.1, -0.05) is 11.6 Å². The minimum atomic E-state index is -4.28. The number of sulfonamides is 1. The largest absolute Gasteiger partial charge is 0.496 e. The first-order valence-electron chi connectivity index (χ1n) is 7.85. The van der Waals surface area contributed by atoms with E-state index in [2.05, 4.69) is 5.32 Å². The van der Waals surface area contributed by atoms with Crippen molar-refractivity contribution < 1.29 is 27.1 Å². The topological polar surface area (TPSA) is 92.8 Å². The van der Waals surface area contributed by atoms with Crippen molar-refractivity contribution in [3.8, 4) is 5.75 Å². The molecular formula is C17H14ClFN2O5S2. The summed E-state index contributed by atoms with van der Waals surface area (Å²) in [5, 5.41) is 2.46. The van der Waals surface area contributed by atoms with Crippen LogP contribution in [0, 0.1) is 5.82 Å². The number of methoxy groups -OCH3 is 1. The van der Waals surface area contributed by atoms with Gasteiger partial charge >= 0.3 is 0 Å². The van der Waals surface area contributed by atoms with Crippen LogP contribution in [0.5, 0.6) is 5.75 Å². The van der Waals surface area contributed by atoms with Gasteiger partial charge in [0.15, 0.2) is 0 Å². The fourth-order valence-corrected chi connectivity index (χ4v) is 5.50. The normalized spacial score (nSPS) is 16.8. The van der Waals surface area contributed by atoms with Crippen LogP contribution in [0.15, 0.2) is 40.1 Å². The zero-order valence-corrected chi connectivity index (χ0v) is 16.8. The van der Waals surface area contributed by atoms with Crippen LogP contribution >= 0.6 is 22.9 Å². The number of rotatable bonds is 4. The lowest BCUT2D eigenvalue weighted by Gasteiger charge is -2.19. The number of carbonyl (C=O) groups is 2. The molecule has 7 nitrogen and oxygen atoms in total. The molecule has 0 bridgehead atoms. The van der Waals surface area contributed by atoms with Crippen LogP contribution in [0.4, 0.5) is 4.39 Å². The Morgan fingerprint density at radius 2 is 2.04 bits per heavy atom. The number of hydrogen-bond donors (Lipinski definition) is 1. The average Bonchev–Trinajstić information content (AvgIpc) is 3.04. The van der Waals surface area contributed by atoms with Gasteiger partial charge in [-0.05, 0) is 36.4 Å². The molecule has 1 aliphatic heterocycles. The maximum Gasteiger partial charge on any atom is 0.276 e. The Kier molecular flexibility index (Phi) is 5.73. The summed E-state index contributed by atoms with van der Waals surface area (Å²) in [5.41, 5.74) is 0.194. The van der Waals surface area contributed by atoms with Crippen molar-refractivity contribution in [3.05, 3.63) is 51.6 Å². The van der Waals surface area contributed by atoms with Crippen LogP contribution in [0.3, 0.4) is 0 Å². The SMILES string of the molecule is COc1ccc(F)cc1C=C1CNC(=O)CN(S(=O)(=O)c2ccc(Cl)s2)C1=O. The molecule has 11 heteroatoms. The number of nitrogens with one attached hydrogen (secondary N) is 1. The summed E-state index contributed by atoms with van der Waals surface area (Å²) < 4.78 is 45.0. The lowest BCUT2D eigenvalue weighted by Crippen LogP contribution is -2.40. The maximum atomic E-state index is 13.6. The second kappa shape index (κ2) is 7.90. The van der Waals surface area contributed by atoms with Crippen molar-refractivity contribution in [3.63, 3.8) is 0 Å².